The van der Waals surface area contributed by atoms with Gasteiger partial charge < -0.3 is 16.8 Å². The van der Waals surface area contributed by atoms with Crippen LogP contribution in [0.4, 0.5) is 0 Å². The highest BCUT2D eigenvalue weighted by Gasteiger charge is 2.51. The summed E-state index contributed by atoms with van der Waals surface area (Å²) in [7, 11) is 0. The van der Waals surface area contributed by atoms with Crippen molar-refractivity contribution in [2.75, 3.05) is 0 Å². The van der Waals surface area contributed by atoms with Gasteiger partial charge in [-0.1, -0.05) is 51.4 Å². The van der Waals surface area contributed by atoms with Crippen molar-refractivity contribution in [3.63, 3.8) is 0 Å². The van der Waals surface area contributed by atoms with Gasteiger partial charge in [-0.2, -0.15) is 0 Å². The molecule has 3 fully saturated rings. The Morgan fingerprint density at radius 3 is 2.00 bits per heavy atom. The number of likely N-dealkylation sites (tertiary alicyclic amines) is 1. The predicted octanol–water partition coefficient (Wildman–Crippen LogP) is 1.16. The molecular weight excluding hydrogens is 372 g/mol. The third kappa shape index (κ3) is 5.13. The van der Waals surface area contributed by atoms with Crippen molar-refractivity contribution in [1.29, 1.82) is 0 Å². The number of amides is 3. The van der Waals surface area contributed by atoms with Gasteiger partial charge in [0.1, 0.15) is 0 Å². The number of hydrogen-bond acceptors (Lipinski definition) is 5. The molecule has 2 saturated carbocycles. The second kappa shape index (κ2) is 9.84. The van der Waals surface area contributed by atoms with E-state index in [2.05, 4.69) is 15.5 Å². The third-order valence-electron chi connectivity index (χ3n) is 6.12. The molecule has 1 aliphatic heterocycles. The van der Waals surface area contributed by atoms with E-state index in [0.29, 0.717) is 0 Å². The highest BCUT2D eigenvalue weighted by Crippen LogP contribution is 2.29. The van der Waals surface area contributed by atoms with E-state index in [-0.39, 0.29) is 23.8 Å². The molecule has 3 aliphatic rings. The first-order valence-corrected chi connectivity index (χ1v) is 10.8. The maximum atomic E-state index is 13.2. The highest BCUT2D eigenvalue weighted by atomic mass is 16.2. The van der Waals surface area contributed by atoms with Gasteiger partial charge in [-0.3, -0.25) is 19.3 Å². The second-order valence-corrected chi connectivity index (χ2v) is 8.30. The minimum atomic E-state index is -1.28. The number of carbonyl (C=O) groups excluding carboxylic acids is 3. The fourth-order valence-corrected chi connectivity index (χ4v) is 4.62. The summed E-state index contributed by atoms with van der Waals surface area (Å²) in [6, 6.07) is -0.179. The van der Waals surface area contributed by atoms with Crippen LogP contribution in [0, 0.1) is 5.92 Å². The summed E-state index contributed by atoms with van der Waals surface area (Å²) in [5.74, 6) is -3.13. The summed E-state index contributed by atoms with van der Waals surface area (Å²) in [6.45, 7) is 0. The molecule has 0 bridgehead atoms. The third-order valence-corrected chi connectivity index (χ3v) is 6.12. The van der Waals surface area contributed by atoms with E-state index in [0.717, 1.165) is 77.0 Å². The minimum absolute atomic E-state index is 0.0177. The van der Waals surface area contributed by atoms with E-state index in [1.54, 1.807) is 0 Å². The van der Waals surface area contributed by atoms with E-state index in [1.807, 2.05) is 0 Å². The average Bonchev–Trinajstić information content (AvgIpc) is 2.98. The van der Waals surface area contributed by atoms with Crippen LogP contribution >= 0.6 is 0 Å². The molecule has 9 nitrogen and oxygen atoms in total. The number of carbonyl (C=O) groups is 3. The average molecular weight is 405 g/mol. The molecule has 3 amide bonds. The van der Waals surface area contributed by atoms with Gasteiger partial charge in [0.2, 0.25) is 17.8 Å². The largest absolute Gasteiger partial charge is 0.369 e. The molecule has 3 rings (SSSR count). The van der Waals surface area contributed by atoms with Crippen LogP contribution in [0.15, 0.2) is 10.2 Å². The van der Waals surface area contributed by atoms with Gasteiger partial charge in [-0.05, 0) is 25.7 Å². The van der Waals surface area contributed by atoms with Crippen molar-refractivity contribution in [2.24, 2.45) is 27.6 Å². The zero-order valence-corrected chi connectivity index (χ0v) is 16.9. The number of nitrogens with one attached hydrogen (secondary N) is 1. The van der Waals surface area contributed by atoms with Crippen LogP contribution in [-0.4, -0.2) is 46.4 Å². The molecule has 0 radical (unpaired) electrons. The van der Waals surface area contributed by atoms with Gasteiger partial charge in [0, 0.05) is 12.1 Å². The van der Waals surface area contributed by atoms with E-state index in [1.165, 1.54) is 4.90 Å². The Morgan fingerprint density at radius 2 is 1.45 bits per heavy atom. The molecule has 1 saturated heterocycles. The van der Waals surface area contributed by atoms with E-state index >= 15 is 0 Å². The summed E-state index contributed by atoms with van der Waals surface area (Å²) >= 11 is 0. The van der Waals surface area contributed by atoms with Crippen molar-refractivity contribution < 1.29 is 14.4 Å². The van der Waals surface area contributed by atoms with Crippen molar-refractivity contribution in [3.05, 3.63) is 0 Å². The van der Waals surface area contributed by atoms with Crippen molar-refractivity contribution >= 4 is 29.4 Å². The lowest BCUT2D eigenvalue weighted by Crippen LogP contribution is -2.44. The molecule has 160 valence electrons. The van der Waals surface area contributed by atoms with Crippen LogP contribution in [0.2, 0.25) is 0 Å². The lowest BCUT2D eigenvalue weighted by molar-refractivity contribution is -0.143. The molecule has 0 aromatic rings. The summed E-state index contributed by atoms with van der Waals surface area (Å²) in [5, 5.41) is 10.4. The van der Waals surface area contributed by atoms with E-state index in [4.69, 9.17) is 11.5 Å². The van der Waals surface area contributed by atoms with Gasteiger partial charge in [0.15, 0.2) is 11.6 Å². The van der Waals surface area contributed by atoms with Crippen molar-refractivity contribution in [2.45, 2.75) is 89.1 Å². The molecule has 0 aromatic heterocycles. The first-order valence-electron chi connectivity index (χ1n) is 10.8. The minimum Gasteiger partial charge on any atom is -0.369 e. The summed E-state index contributed by atoms with van der Waals surface area (Å²) < 4.78 is 0. The Hall–Kier alpha value is -2.45. The quantitative estimate of drug-likeness (QED) is 0.161. The Morgan fingerprint density at radius 1 is 0.897 bits per heavy atom. The summed E-state index contributed by atoms with van der Waals surface area (Å²) in [5.41, 5.74) is 10.5. The van der Waals surface area contributed by atoms with Crippen LogP contribution in [0.25, 0.3) is 0 Å². The molecule has 5 N–H and O–H groups in total. The molecule has 1 heterocycles. The molecule has 1 atom stereocenters. The lowest BCUT2D eigenvalue weighted by Gasteiger charge is -2.25. The van der Waals surface area contributed by atoms with Crippen LogP contribution in [-0.2, 0) is 14.4 Å². The Bertz CT molecular complexity index is 684. The van der Waals surface area contributed by atoms with Crippen molar-refractivity contribution in [1.82, 2.24) is 10.2 Å². The molecule has 0 aromatic carbocycles. The van der Waals surface area contributed by atoms with E-state index in [9.17, 15) is 14.4 Å². The zero-order valence-electron chi connectivity index (χ0n) is 16.9. The number of rotatable bonds is 4. The first kappa shape index (κ1) is 21.3. The monoisotopic (exact) mass is 404 g/mol. The Kier molecular flexibility index (Phi) is 7.22. The summed E-state index contributed by atoms with van der Waals surface area (Å²) in [6.07, 6.45) is 11.8. The number of guanidine groups is 1. The maximum absolute atomic E-state index is 13.2. The fourth-order valence-electron chi connectivity index (χ4n) is 4.62. The first-order chi connectivity index (χ1) is 14.0. The molecule has 9 heteroatoms. The number of nitrogens with two attached hydrogens (primary N) is 2. The van der Waals surface area contributed by atoms with Crippen LogP contribution in [0.5, 0.6) is 0 Å². The number of imide groups is 1. The maximum Gasteiger partial charge on any atom is 0.278 e. The molecule has 2 aliphatic carbocycles. The van der Waals surface area contributed by atoms with Crippen LogP contribution < -0.4 is 16.8 Å². The SMILES string of the molecule is NC(N)=N/N=C1/C(=O)N(C2CCCCCC2)C(=O)C1C(=O)NC1CCCCCC1. The number of nitrogens with zero attached hydrogens (tertiary/aromatic N) is 3. The van der Waals surface area contributed by atoms with Gasteiger partial charge >= 0.3 is 0 Å². The van der Waals surface area contributed by atoms with Gasteiger partial charge in [0.05, 0.1) is 0 Å². The molecule has 29 heavy (non-hydrogen) atoms. The topological polar surface area (TPSA) is 143 Å². The normalized spacial score (nSPS) is 26.3. The van der Waals surface area contributed by atoms with Gasteiger partial charge in [-0.15, -0.1) is 10.2 Å². The van der Waals surface area contributed by atoms with Gasteiger partial charge in [-0.25, -0.2) is 0 Å². The van der Waals surface area contributed by atoms with Crippen molar-refractivity contribution in [3.8, 4) is 0 Å². The number of hydrogen-bond donors (Lipinski definition) is 3. The highest BCUT2D eigenvalue weighted by molar-refractivity contribution is 6.54. The fraction of sp³-hybridized carbons (Fsp3) is 0.750. The summed E-state index contributed by atoms with van der Waals surface area (Å²) in [4.78, 5) is 40.5. The lowest BCUT2D eigenvalue weighted by atomic mass is 10.0. The smallest absolute Gasteiger partial charge is 0.278 e. The Labute approximate surface area is 171 Å². The second-order valence-electron chi connectivity index (χ2n) is 8.30. The van der Waals surface area contributed by atoms with E-state index < -0.39 is 23.6 Å². The molecule has 0 spiro atoms. The van der Waals surface area contributed by atoms with Crippen LogP contribution in [0.3, 0.4) is 0 Å². The standard InChI is InChI=1S/C20H32N6O3/c21-20(22)25-24-16-15(17(27)23-13-9-5-1-2-6-10-13)18(28)26(19(16)29)14-11-7-3-4-8-12-14/h13-15H,1-12H2,(H,23,27)(H4,21,22,25)/b24-16+. The van der Waals surface area contributed by atoms with Gasteiger partial charge in [0.25, 0.3) is 5.91 Å². The Balaban J connectivity index is 1.83. The zero-order chi connectivity index (χ0) is 20.8. The molecule has 1 unspecified atom stereocenters. The molecular formula is C20H32N6O3. The predicted molar refractivity (Wildman–Crippen MR) is 110 cm³/mol. The van der Waals surface area contributed by atoms with Crippen LogP contribution in [0.1, 0.15) is 77.0 Å².